The molecule has 0 heterocycles. The fourth-order valence-corrected chi connectivity index (χ4v) is 2.63. The highest BCUT2D eigenvalue weighted by molar-refractivity contribution is 4.91. The average molecular weight is 195 g/mol. The minimum Gasteiger partial charge on any atom is -0.313 e. The highest BCUT2D eigenvalue weighted by Crippen LogP contribution is 2.44. The first-order chi connectivity index (χ1) is 6.72. The fourth-order valence-electron chi connectivity index (χ4n) is 2.63. The first-order valence-corrected chi connectivity index (χ1v) is 6.45. The summed E-state index contributed by atoms with van der Waals surface area (Å²) in [6.07, 6.45) is 10.1. The summed E-state index contributed by atoms with van der Waals surface area (Å²) in [7, 11) is 0. The van der Waals surface area contributed by atoms with Gasteiger partial charge in [-0.3, -0.25) is 0 Å². The second-order valence-corrected chi connectivity index (χ2v) is 5.83. The van der Waals surface area contributed by atoms with Crippen molar-refractivity contribution in [2.24, 2.45) is 11.3 Å². The molecular formula is C13H25N. The van der Waals surface area contributed by atoms with E-state index >= 15 is 0 Å². The number of rotatable bonds is 4. The van der Waals surface area contributed by atoms with Gasteiger partial charge in [-0.15, -0.1) is 0 Å². The quantitative estimate of drug-likeness (QED) is 0.725. The molecule has 82 valence electrons. The minimum atomic E-state index is 0.680. The molecule has 0 radical (unpaired) electrons. The van der Waals surface area contributed by atoms with Crippen LogP contribution in [-0.4, -0.2) is 12.6 Å². The first kappa shape index (κ1) is 10.5. The molecule has 0 aliphatic heterocycles. The summed E-state index contributed by atoms with van der Waals surface area (Å²) in [5, 5.41) is 3.79. The lowest BCUT2D eigenvalue weighted by atomic mass is 9.84. The molecule has 0 amide bonds. The van der Waals surface area contributed by atoms with Crippen LogP contribution in [0.5, 0.6) is 0 Å². The Morgan fingerprint density at radius 2 is 2.07 bits per heavy atom. The first-order valence-electron chi connectivity index (χ1n) is 6.45. The molecule has 2 rings (SSSR count). The SMILES string of the molecule is CCC1CCCC(NCC2(C)CC2)C1. The molecule has 2 fully saturated rings. The maximum absolute atomic E-state index is 3.79. The van der Waals surface area contributed by atoms with Crippen molar-refractivity contribution in [1.82, 2.24) is 5.32 Å². The van der Waals surface area contributed by atoms with Crippen LogP contribution in [0.1, 0.15) is 58.8 Å². The van der Waals surface area contributed by atoms with Crippen molar-refractivity contribution in [3.05, 3.63) is 0 Å². The molecule has 0 saturated heterocycles. The van der Waals surface area contributed by atoms with Crippen LogP contribution in [0.25, 0.3) is 0 Å². The zero-order valence-corrected chi connectivity index (χ0v) is 9.81. The van der Waals surface area contributed by atoms with Gasteiger partial charge in [-0.05, 0) is 37.0 Å². The van der Waals surface area contributed by atoms with Crippen LogP contribution in [0.2, 0.25) is 0 Å². The monoisotopic (exact) mass is 195 g/mol. The van der Waals surface area contributed by atoms with E-state index in [0.29, 0.717) is 5.41 Å². The molecular weight excluding hydrogens is 170 g/mol. The Morgan fingerprint density at radius 3 is 2.71 bits per heavy atom. The normalized spacial score (nSPS) is 35.6. The largest absolute Gasteiger partial charge is 0.313 e. The lowest BCUT2D eigenvalue weighted by Crippen LogP contribution is -2.37. The fraction of sp³-hybridized carbons (Fsp3) is 1.00. The van der Waals surface area contributed by atoms with Gasteiger partial charge in [0.15, 0.2) is 0 Å². The van der Waals surface area contributed by atoms with Gasteiger partial charge in [0.2, 0.25) is 0 Å². The number of hydrogen-bond donors (Lipinski definition) is 1. The molecule has 1 N–H and O–H groups in total. The van der Waals surface area contributed by atoms with Crippen molar-refractivity contribution in [2.75, 3.05) is 6.54 Å². The van der Waals surface area contributed by atoms with Gasteiger partial charge in [0.25, 0.3) is 0 Å². The molecule has 2 aliphatic rings. The second-order valence-electron chi connectivity index (χ2n) is 5.83. The topological polar surface area (TPSA) is 12.0 Å². The summed E-state index contributed by atoms with van der Waals surface area (Å²) >= 11 is 0. The number of nitrogens with one attached hydrogen (secondary N) is 1. The van der Waals surface area contributed by atoms with E-state index in [1.165, 1.54) is 51.5 Å². The number of hydrogen-bond acceptors (Lipinski definition) is 1. The highest BCUT2D eigenvalue weighted by atomic mass is 14.9. The standard InChI is InChI=1S/C13H25N/c1-3-11-5-4-6-12(9-11)14-10-13(2)7-8-13/h11-12,14H,3-10H2,1-2H3. The van der Waals surface area contributed by atoms with Gasteiger partial charge >= 0.3 is 0 Å². The van der Waals surface area contributed by atoms with Gasteiger partial charge in [-0.25, -0.2) is 0 Å². The van der Waals surface area contributed by atoms with E-state index in [2.05, 4.69) is 19.2 Å². The third kappa shape index (κ3) is 2.73. The molecule has 2 saturated carbocycles. The Labute approximate surface area is 88.7 Å². The van der Waals surface area contributed by atoms with E-state index in [1.807, 2.05) is 0 Å². The van der Waals surface area contributed by atoms with E-state index in [9.17, 15) is 0 Å². The highest BCUT2D eigenvalue weighted by Gasteiger charge is 2.37. The Hall–Kier alpha value is -0.0400. The van der Waals surface area contributed by atoms with Crippen LogP contribution >= 0.6 is 0 Å². The van der Waals surface area contributed by atoms with Crippen LogP contribution < -0.4 is 5.32 Å². The average Bonchev–Trinajstić information content (AvgIpc) is 2.95. The molecule has 2 unspecified atom stereocenters. The molecule has 0 aromatic heterocycles. The van der Waals surface area contributed by atoms with E-state index in [0.717, 1.165) is 12.0 Å². The molecule has 2 aliphatic carbocycles. The van der Waals surface area contributed by atoms with Crippen molar-refractivity contribution < 1.29 is 0 Å². The lowest BCUT2D eigenvalue weighted by molar-refractivity contribution is 0.269. The zero-order valence-electron chi connectivity index (χ0n) is 9.81. The van der Waals surface area contributed by atoms with Gasteiger partial charge < -0.3 is 5.32 Å². The Kier molecular flexibility index (Phi) is 3.16. The third-order valence-electron chi connectivity index (χ3n) is 4.28. The van der Waals surface area contributed by atoms with E-state index in [-0.39, 0.29) is 0 Å². The van der Waals surface area contributed by atoms with Gasteiger partial charge in [0, 0.05) is 12.6 Å². The van der Waals surface area contributed by atoms with Gasteiger partial charge in [0.1, 0.15) is 0 Å². The Balaban J connectivity index is 1.69. The second kappa shape index (κ2) is 4.22. The predicted octanol–water partition coefficient (Wildman–Crippen LogP) is 3.34. The van der Waals surface area contributed by atoms with Crippen LogP contribution in [0.15, 0.2) is 0 Å². The summed E-state index contributed by atoms with van der Waals surface area (Å²) < 4.78 is 0. The molecule has 1 nitrogen and oxygen atoms in total. The molecule has 2 atom stereocenters. The maximum Gasteiger partial charge on any atom is 0.00699 e. The Morgan fingerprint density at radius 1 is 1.29 bits per heavy atom. The third-order valence-corrected chi connectivity index (χ3v) is 4.28. The van der Waals surface area contributed by atoms with Crippen LogP contribution in [0, 0.1) is 11.3 Å². The zero-order chi connectivity index (χ0) is 10.0. The van der Waals surface area contributed by atoms with Crippen LogP contribution in [0.3, 0.4) is 0 Å². The minimum absolute atomic E-state index is 0.680. The lowest BCUT2D eigenvalue weighted by Gasteiger charge is -2.30. The summed E-state index contributed by atoms with van der Waals surface area (Å²) in [6.45, 7) is 6.03. The molecule has 0 aromatic carbocycles. The van der Waals surface area contributed by atoms with E-state index in [1.54, 1.807) is 0 Å². The van der Waals surface area contributed by atoms with Crippen LogP contribution in [0.4, 0.5) is 0 Å². The van der Waals surface area contributed by atoms with E-state index < -0.39 is 0 Å². The van der Waals surface area contributed by atoms with Crippen molar-refractivity contribution in [2.45, 2.75) is 64.8 Å². The van der Waals surface area contributed by atoms with Crippen molar-refractivity contribution in [3.63, 3.8) is 0 Å². The van der Waals surface area contributed by atoms with Gasteiger partial charge in [0.05, 0.1) is 0 Å². The van der Waals surface area contributed by atoms with Crippen molar-refractivity contribution >= 4 is 0 Å². The van der Waals surface area contributed by atoms with Gasteiger partial charge in [-0.2, -0.15) is 0 Å². The molecule has 14 heavy (non-hydrogen) atoms. The molecule has 0 aromatic rings. The van der Waals surface area contributed by atoms with Crippen LogP contribution in [-0.2, 0) is 0 Å². The smallest absolute Gasteiger partial charge is 0.00699 e. The van der Waals surface area contributed by atoms with Crippen molar-refractivity contribution in [3.8, 4) is 0 Å². The van der Waals surface area contributed by atoms with E-state index in [4.69, 9.17) is 0 Å². The molecule has 0 spiro atoms. The summed E-state index contributed by atoms with van der Waals surface area (Å²) in [4.78, 5) is 0. The molecule has 1 heteroatoms. The summed E-state index contributed by atoms with van der Waals surface area (Å²) in [5.41, 5.74) is 0.680. The van der Waals surface area contributed by atoms with Gasteiger partial charge in [-0.1, -0.05) is 33.1 Å². The summed E-state index contributed by atoms with van der Waals surface area (Å²) in [5.74, 6) is 1.01. The Bertz CT molecular complexity index is 184. The maximum atomic E-state index is 3.79. The predicted molar refractivity (Wildman–Crippen MR) is 61.4 cm³/mol. The van der Waals surface area contributed by atoms with Crippen molar-refractivity contribution in [1.29, 1.82) is 0 Å². The summed E-state index contributed by atoms with van der Waals surface area (Å²) in [6, 6.07) is 0.839. The molecule has 0 bridgehead atoms.